The predicted octanol–water partition coefficient (Wildman–Crippen LogP) is 3.25. The lowest BCUT2D eigenvalue weighted by Crippen LogP contribution is -2.28. The van der Waals surface area contributed by atoms with Crippen molar-refractivity contribution in [3.8, 4) is 0 Å². The maximum atomic E-state index is 12.6. The van der Waals surface area contributed by atoms with Gasteiger partial charge in [-0.2, -0.15) is 0 Å². The molecule has 6 nitrogen and oxygen atoms in total. The number of rotatable bonds is 4. The van der Waals surface area contributed by atoms with Crippen LogP contribution >= 0.6 is 0 Å². The molecule has 1 heterocycles. The number of hydrogen-bond acceptors (Lipinski definition) is 3. The van der Waals surface area contributed by atoms with Crippen LogP contribution in [0.25, 0.3) is 0 Å². The van der Waals surface area contributed by atoms with Gasteiger partial charge in [0.25, 0.3) is 0 Å². The molecule has 27 heavy (non-hydrogen) atoms. The van der Waals surface area contributed by atoms with E-state index in [1.165, 1.54) is 6.92 Å². The highest BCUT2D eigenvalue weighted by Crippen LogP contribution is 2.30. The smallest absolute Gasteiger partial charge is 0.229 e. The Hall–Kier alpha value is -3.15. The fourth-order valence-electron chi connectivity index (χ4n) is 3.27. The van der Waals surface area contributed by atoms with Gasteiger partial charge in [0, 0.05) is 37.0 Å². The molecule has 2 N–H and O–H groups in total. The molecule has 1 aliphatic rings. The van der Waals surface area contributed by atoms with Gasteiger partial charge in [-0.1, -0.05) is 18.2 Å². The molecule has 0 radical (unpaired) electrons. The van der Waals surface area contributed by atoms with Crippen molar-refractivity contribution < 1.29 is 14.4 Å². The number of nitrogens with zero attached hydrogens (tertiary/aromatic N) is 1. The van der Waals surface area contributed by atoms with Gasteiger partial charge in [0.2, 0.25) is 17.7 Å². The molecular formula is C21H23N3O3. The topological polar surface area (TPSA) is 78.5 Å². The first-order valence-corrected chi connectivity index (χ1v) is 8.90. The van der Waals surface area contributed by atoms with E-state index in [9.17, 15) is 14.4 Å². The summed E-state index contributed by atoms with van der Waals surface area (Å²) in [6.45, 7) is 5.78. The highest BCUT2D eigenvalue weighted by molar-refractivity contribution is 6.04. The van der Waals surface area contributed by atoms with Crippen molar-refractivity contribution in [3.63, 3.8) is 0 Å². The molecule has 0 aromatic heterocycles. The van der Waals surface area contributed by atoms with Gasteiger partial charge in [0.1, 0.15) is 0 Å². The van der Waals surface area contributed by atoms with Gasteiger partial charge in [-0.15, -0.1) is 0 Å². The summed E-state index contributed by atoms with van der Waals surface area (Å²) in [6, 6.07) is 12.8. The molecule has 1 saturated heterocycles. The zero-order valence-electron chi connectivity index (χ0n) is 15.7. The summed E-state index contributed by atoms with van der Waals surface area (Å²) < 4.78 is 0. The van der Waals surface area contributed by atoms with Crippen LogP contribution in [0.3, 0.4) is 0 Å². The normalized spacial score (nSPS) is 16.3. The Labute approximate surface area is 158 Å². The molecule has 0 spiro atoms. The van der Waals surface area contributed by atoms with Crippen LogP contribution in [0.4, 0.5) is 17.1 Å². The molecule has 3 rings (SSSR count). The minimum atomic E-state index is -0.415. The number of anilines is 3. The third kappa shape index (κ3) is 4.16. The molecule has 1 unspecified atom stereocenters. The molecule has 2 aromatic rings. The second-order valence-corrected chi connectivity index (χ2v) is 6.88. The molecule has 3 amide bonds. The molecule has 1 aliphatic heterocycles. The number of carbonyl (C=O) groups excluding carboxylic acids is 3. The van der Waals surface area contributed by atoms with Crippen LogP contribution in [0, 0.1) is 19.8 Å². The molecular weight excluding hydrogens is 342 g/mol. The first-order valence-electron chi connectivity index (χ1n) is 8.90. The van der Waals surface area contributed by atoms with Crippen LogP contribution < -0.4 is 15.5 Å². The Morgan fingerprint density at radius 1 is 1.04 bits per heavy atom. The zero-order chi connectivity index (χ0) is 19.6. The van der Waals surface area contributed by atoms with Gasteiger partial charge in [0.05, 0.1) is 5.92 Å². The zero-order valence-corrected chi connectivity index (χ0v) is 15.7. The third-order valence-corrected chi connectivity index (χ3v) is 4.81. The minimum Gasteiger partial charge on any atom is -0.326 e. The predicted molar refractivity (Wildman–Crippen MR) is 106 cm³/mol. The average Bonchev–Trinajstić information content (AvgIpc) is 2.99. The lowest BCUT2D eigenvalue weighted by atomic mass is 10.1. The fourth-order valence-corrected chi connectivity index (χ4v) is 3.27. The summed E-state index contributed by atoms with van der Waals surface area (Å²) in [4.78, 5) is 38.0. The van der Waals surface area contributed by atoms with E-state index < -0.39 is 5.92 Å². The molecule has 1 atom stereocenters. The van der Waals surface area contributed by atoms with E-state index in [2.05, 4.69) is 10.6 Å². The van der Waals surface area contributed by atoms with E-state index in [-0.39, 0.29) is 24.1 Å². The molecule has 140 valence electrons. The fraction of sp³-hybridized carbons (Fsp3) is 0.286. The number of amides is 3. The molecule has 0 aliphatic carbocycles. The molecule has 0 saturated carbocycles. The van der Waals surface area contributed by atoms with Crippen molar-refractivity contribution in [2.75, 3.05) is 22.1 Å². The SMILES string of the molecule is CC(=O)Nc1cccc(NC(=O)C2CC(=O)N(c3cccc(C)c3C)C2)c1. The van der Waals surface area contributed by atoms with Gasteiger partial charge < -0.3 is 15.5 Å². The number of benzene rings is 2. The average molecular weight is 365 g/mol. The Morgan fingerprint density at radius 3 is 2.41 bits per heavy atom. The number of nitrogens with one attached hydrogen (secondary N) is 2. The van der Waals surface area contributed by atoms with Crippen molar-refractivity contribution in [1.82, 2.24) is 0 Å². The van der Waals surface area contributed by atoms with Crippen molar-refractivity contribution in [2.24, 2.45) is 5.92 Å². The van der Waals surface area contributed by atoms with Crippen LogP contribution in [0.2, 0.25) is 0 Å². The highest BCUT2D eigenvalue weighted by atomic mass is 16.2. The lowest BCUT2D eigenvalue weighted by Gasteiger charge is -2.20. The van der Waals surface area contributed by atoms with Crippen LogP contribution in [-0.4, -0.2) is 24.3 Å². The molecule has 2 aromatic carbocycles. The quantitative estimate of drug-likeness (QED) is 0.873. The monoisotopic (exact) mass is 365 g/mol. The number of hydrogen-bond donors (Lipinski definition) is 2. The van der Waals surface area contributed by atoms with Crippen LogP contribution in [0.1, 0.15) is 24.5 Å². The molecule has 1 fully saturated rings. The van der Waals surface area contributed by atoms with Crippen molar-refractivity contribution >= 4 is 34.8 Å². The molecule has 0 bridgehead atoms. The summed E-state index contributed by atoms with van der Waals surface area (Å²) >= 11 is 0. The first-order chi connectivity index (χ1) is 12.8. The second-order valence-electron chi connectivity index (χ2n) is 6.88. The Morgan fingerprint density at radius 2 is 1.70 bits per heavy atom. The van der Waals surface area contributed by atoms with E-state index in [0.717, 1.165) is 16.8 Å². The largest absolute Gasteiger partial charge is 0.326 e. The van der Waals surface area contributed by atoms with Crippen LogP contribution in [0.15, 0.2) is 42.5 Å². The van der Waals surface area contributed by atoms with E-state index in [1.807, 2.05) is 32.0 Å². The Bertz CT molecular complexity index is 907. The summed E-state index contributed by atoms with van der Waals surface area (Å²) in [6.07, 6.45) is 0.185. The summed E-state index contributed by atoms with van der Waals surface area (Å²) in [5, 5.41) is 5.53. The lowest BCUT2D eigenvalue weighted by molar-refractivity contribution is -0.122. The summed E-state index contributed by atoms with van der Waals surface area (Å²) in [5.41, 5.74) is 4.23. The van der Waals surface area contributed by atoms with Crippen molar-refractivity contribution in [1.29, 1.82) is 0 Å². The van der Waals surface area contributed by atoms with E-state index in [4.69, 9.17) is 0 Å². The van der Waals surface area contributed by atoms with E-state index >= 15 is 0 Å². The molecule has 6 heteroatoms. The number of aryl methyl sites for hydroxylation is 1. The van der Waals surface area contributed by atoms with Gasteiger partial charge in [-0.25, -0.2) is 0 Å². The third-order valence-electron chi connectivity index (χ3n) is 4.81. The van der Waals surface area contributed by atoms with Gasteiger partial charge >= 0.3 is 0 Å². The standard InChI is InChI=1S/C21H23N3O3/c1-13-6-4-9-19(14(13)2)24-12-16(10-20(24)26)21(27)23-18-8-5-7-17(11-18)22-15(3)25/h4-9,11,16H,10,12H2,1-3H3,(H,22,25)(H,23,27). The maximum absolute atomic E-state index is 12.6. The van der Waals surface area contributed by atoms with Crippen LogP contribution in [-0.2, 0) is 14.4 Å². The van der Waals surface area contributed by atoms with Crippen molar-refractivity contribution in [2.45, 2.75) is 27.2 Å². The second kappa shape index (κ2) is 7.61. The van der Waals surface area contributed by atoms with Gasteiger partial charge in [-0.05, 0) is 49.2 Å². The van der Waals surface area contributed by atoms with Crippen LogP contribution in [0.5, 0.6) is 0 Å². The number of carbonyl (C=O) groups is 3. The van der Waals surface area contributed by atoms with Gasteiger partial charge in [-0.3, -0.25) is 14.4 Å². The maximum Gasteiger partial charge on any atom is 0.229 e. The summed E-state index contributed by atoms with van der Waals surface area (Å²) in [7, 11) is 0. The Kier molecular flexibility index (Phi) is 5.26. The van der Waals surface area contributed by atoms with Gasteiger partial charge in [0.15, 0.2) is 0 Å². The Balaban J connectivity index is 1.71. The van der Waals surface area contributed by atoms with E-state index in [0.29, 0.717) is 17.9 Å². The summed E-state index contributed by atoms with van der Waals surface area (Å²) in [5.74, 6) is -0.835. The first kappa shape index (κ1) is 18.6. The van der Waals surface area contributed by atoms with E-state index in [1.54, 1.807) is 29.2 Å². The minimum absolute atomic E-state index is 0.0455. The highest BCUT2D eigenvalue weighted by Gasteiger charge is 2.35. The van der Waals surface area contributed by atoms with Crippen molar-refractivity contribution in [3.05, 3.63) is 53.6 Å².